The van der Waals surface area contributed by atoms with Crippen LogP contribution in [0.1, 0.15) is 17.3 Å². The number of sulfonamides is 1. The molecule has 0 aliphatic rings. The third-order valence-electron chi connectivity index (χ3n) is 1.89. The Balaban J connectivity index is 3.08. The molecule has 8 heteroatoms. The van der Waals surface area contributed by atoms with Gasteiger partial charge in [0.2, 0.25) is 10.0 Å². The van der Waals surface area contributed by atoms with Crippen LogP contribution in [0.15, 0.2) is 27.6 Å². The van der Waals surface area contributed by atoms with E-state index in [1.807, 2.05) is 0 Å². The molecule has 1 aromatic carbocycles. The fourth-order valence-electron chi connectivity index (χ4n) is 1.08. The third-order valence-corrected chi connectivity index (χ3v) is 3.50. The Kier molecular flexibility index (Phi) is 4.60. The highest BCUT2D eigenvalue weighted by Gasteiger charge is 2.17. The van der Waals surface area contributed by atoms with E-state index in [1.54, 1.807) is 0 Å². The van der Waals surface area contributed by atoms with Crippen LogP contribution >= 0.6 is 15.9 Å². The molecule has 0 unspecified atom stereocenters. The lowest BCUT2D eigenvalue weighted by atomic mass is 10.2. The molecule has 0 heterocycles. The number of halogens is 1. The van der Waals surface area contributed by atoms with Gasteiger partial charge in [0, 0.05) is 4.47 Å². The van der Waals surface area contributed by atoms with Crippen molar-refractivity contribution < 1.29 is 22.7 Å². The summed E-state index contributed by atoms with van der Waals surface area (Å²) in [5.74, 6) is -1.12. The predicted octanol–water partition coefficient (Wildman–Crippen LogP) is 0.842. The van der Waals surface area contributed by atoms with Gasteiger partial charge in [0.05, 0.1) is 10.5 Å². The maximum absolute atomic E-state index is 11.6. The first-order valence-corrected chi connectivity index (χ1v) is 7.04. The van der Waals surface area contributed by atoms with Crippen LogP contribution in [0.25, 0.3) is 0 Å². The quantitative estimate of drug-likeness (QED) is 0.821. The van der Waals surface area contributed by atoms with Crippen molar-refractivity contribution >= 4 is 37.7 Å². The Labute approximate surface area is 112 Å². The van der Waals surface area contributed by atoms with Crippen molar-refractivity contribution in [2.24, 2.45) is 5.14 Å². The summed E-state index contributed by atoms with van der Waals surface area (Å²) in [7, 11) is -3.90. The monoisotopic (exact) mass is 335 g/mol. The first-order valence-electron chi connectivity index (χ1n) is 4.70. The number of carbonyl (C=O) groups is 2. The number of ether oxygens (including phenoxy) is 1. The molecule has 18 heavy (non-hydrogen) atoms. The maximum atomic E-state index is 11.6. The topological polar surface area (TPSA) is 104 Å². The molecular weight excluding hydrogens is 326 g/mol. The minimum atomic E-state index is -3.90. The van der Waals surface area contributed by atoms with Crippen molar-refractivity contribution in [3.8, 4) is 0 Å². The number of primary sulfonamides is 1. The Bertz CT molecular complexity index is 596. The number of ketones is 1. The lowest BCUT2D eigenvalue weighted by molar-refractivity contribution is -0.120. The summed E-state index contributed by atoms with van der Waals surface area (Å²) in [5.41, 5.74) is -0.0113. The zero-order valence-electron chi connectivity index (χ0n) is 9.34. The summed E-state index contributed by atoms with van der Waals surface area (Å²) in [6, 6.07) is 3.70. The van der Waals surface area contributed by atoms with E-state index in [0.717, 1.165) is 6.07 Å². The molecule has 0 radical (unpaired) electrons. The fourth-order valence-corrected chi connectivity index (χ4v) is 2.03. The summed E-state index contributed by atoms with van der Waals surface area (Å²) in [6.07, 6.45) is 0. The van der Waals surface area contributed by atoms with Crippen molar-refractivity contribution in [3.63, 3.8) is 0 Å². The van der Waals surface area contributed by atoms with E-state index in [4.69, 9.17) is 5.14 Å². The summed E-state index contributed by atoms with van der Waals surface area (Å²) in [4.78, 5) is 22.1. The van der Waals surface area contributed by atoms with E-state index >= 15 is 0 Å². The Morgan fingerprint density at radius 2 is 2.00 bits per heavy atom. The Hall–Kier alpha value is -1.25. The van der Waals surface area contributed by atoms with Crippen molar-refractivity contribution in [1.82, 2.24) is 0 Å². The maximum Gasteiger partial charge on any atom is 0.339 e. The highest BCUT2D eigenvalue weighted by Crippen LogP contribution is 2.21. The van der Waals surface area contributed by atoms with Crippen LogP contribution in [-0.2, 0) is 19.6 Å². The lowest BCUT2D eigenvalue weighted by Crippen LogP contribution is -2.15. The molecule has 2 N–H and O–H groups in total. The second-order valence-corrected chi connectivity index (χ2v) is 5.88. The molecule has 0 saturated heterocycles. The first kappa shape index (κ1) is 14.8. The molecule has 0 aliphatic carbocycles. The van der Waals surface area contributed by atoms with E-state index in [-0.39, 0.29) is 22.8 Å². The highest BCUT2D eigenvalue weighted by atomic mass is 79.9. The number of carbonyl (C=O) groups excluding carboxylic acids is 2. The van der Waals surface area contributed by atoms with Gasteiger partial charge in [0.15, 0.2) is 5.78 Å². The standard InChI is InChI=1S/C10H10BrNO5S/c1-6(13)5-17-10(14)8-4-7(18(12,15)16)2-3-9(8)11/h2-4H,5H2,1H3,(H2,12,15,16). The van der Waals surface area contributed by atoms with Crippen LogP contribution in [0.2, 0.25) is 0 Å². The van der Waals surface area contributed by atoms with Crippen molar-refractivity contribution in [2.75, 3.05) is 6.61 Å². The number of nitrogens with two attached hydrogens (primary N) is 1. The lowest BCUT2D eigenvalue weighted by Gasteiger charge is -2.06. The van der Waals surface area contributed by atoms with Crippen LogP contribution < -0.4 is 5.14 Å². The van der Waals surface area contributed by atoms with Crippen LogP contribution in [0, 0.1) is 0 Å². The van der Waals surface area contributed by atoms with Crippen LogP contribution in [0.4, 0.5) is 0 Å². The molecule has 0 aromatic heterocycles. The Morgan fingerprint density at radius 3 is 2.50 bits per heavy atom. The van der Waals surface area contributed by atoms with E-state index in [2.05, 4.69) is 20.7 Å². The zero-order valence-corrected chi connectivity index (χ0v) is 11.7. The summed E-state index contributed by atoms with van der Waals surface area (Å²) < 4.78 is 27.3. The van der Waals surface area contributed by atoms with Gasteiger partial charge >= 0.3 is 5.97 Å². The largest absolute Gasteiger partial charge is 0.454 e. The molecule has 1 aromatic rings. The van der Waals surface area contributed by atoms with E-state index in [9.17, 15) is 18.0 Å². The average molecular weight is 336 g/mol. The number of hydrogen-bond acceptors (Lipinski definition) is 5. The second kappa shape index (κ2) is 5.59. The molecule has 0 spiro atoms. The molecule has 0 amide bonds. The summed E-state index contributed by atoms with van der Waals surface area (Å²) in [6.45, 7) is 0.897. The first-order chi connectivity index (χ1) is 8.21. The van der Waals surface area contributed by atoms with E-state index in [1.165, 1.54) is 19.1 Å². The molecule has 0 saturated carbocycles. The predicted molar refractivity (Wildman–Crippen MR) is 66.5 cm³/mol. The molecule has 6 nitrogen and oxygen atoms in total. The molecule has 0 bridgehead atoms. The molecule has 0 atom stereocenters. The average Bonchev–Trinajstić information content (AvgIpc) is 2.24. The van der Waals surface area contributed by atoms with Gasteiger partial charge in [0.1, 0.15) is 6.61 Å². The van der Waals surface area contributed by atoms with Crippen LogP contribution in [0.5, 0.6) is 0 Å². The molecule has 0 aliphatic heterocycles. The van der Waals surface area contributed by atoms with Gasteiger partial charge in [-0.1, -0.05) is 0 Å². The normalized spacial score (nSPS) is 11.1. The second-order valence-electron chi connectivity index (χ2n) is 3.46. The zero-order chi connectivity index (χ0) is 13.9. The minimum absolute atomic E-state index is 0.0113. The number of benzene rings is 1. The van der Waals surface area contributed by atoms with Crippen molar-refractivity contribution in [1.29, 1.82) is 0 Å². The van der Waals surface area contributed by atoms with Gasteiger partial charge in [-0.15, -0.1) is 0 Å². The molecule has 1 rings (SSSR count). The highest BCUT2D eigenvalue weighted by molar-refractivity contribution is 9.10. The van der Waals surface area contributed by atoms with Crippen molar-refractivity contribution in [2.45, 2.75) is 11.8 Å². The SMILES string of the molecule is CC(=O)COC(=O)c1cc(S(N)(=O)=O)ccc1Br. The number of hydrogen-bond donors (Lipinski definition) is 1. The van der Waals surface area contributed by atoms with E-state index < -0.39 is 16.0 Å². The summed E-state index contributed by atoms with van der Waals surface area (Å²) >= 11 is 3.08. The van der Waals surface area contributed by atoms with Crippen molar-refractivity contribution in [3.05, 3.63) is 28.2 Å². The Morgan fingerprint density at radius 1 is 1.39 bits per heavy atom. The van der Waals surface area contributed by atoms with Gasteiger partial charge in [-0.2, -0.15) is 0 Å². The molecule has 98 valence electrons. The number of esters is 1. The van der Waals surface area contributed by atoms with Gasteiger partial charge in [-0.05, 0) is 41.1 Å². The van der Waals surface area contributed by atoms with Crippen LogP contribution in [0.3, 0.4) is 0 Å². The smallest absolute Gasteiger partial charge is 0.339 e. The third kappa shape index (κ3) is 3.90. The molecule has 0 fully saturated rings. The number of Topliss-reactive ketones (excluding diaryl/α,β-unsaturated/α-hetero) is 1. The summed E-state index contributed by atoms with van der Waals surface area (Å²) in [5, 5.41) is 4.95. The minimum Gasteiger partial charge on any atom is -0.454 e. The molecular formula is C10H10BrNO5S. The van der Waals surface area contributed by atoms with Gasteiger partial charge in [-0.3, -0.25) is 4.79 Å². The number of rotatable bonds is 4. The fraction of sp³-hybridized carbons (Fsp3) is 0.200. The van der Waals surface area contributed by atoms with Gasteiger partial charge < -0.3 is 4.74 Å². The van der Waals surface area contributed by atoms with Crippen LogP contribution in [-0.4, -0.2) is 26.8 Å². The van der Waals surface area contributed by atoms with Gasteiger partial charge in [-0.25, -0.2) is 18.4 Å². The van der Waals surface area contributed by atoms with Gasteiger partial charge in [0.25, 0.3) is 0 Å². The van der Waals surface area contributed by atoms with E-state index in [0.29, 0.717) is 4.47 Å².